The number of hydrogen-bond acceptors (Lipinski definition) is 6. The largest absolute Gasteiger partial charge is 0.455 e. The molecule has 5 rings (SSSR count). The van der Waals surface area contributed by atoms with Gasteiger partial charge in [0.2, 0.25) is 0 Å². The molecule has 0 bridgehead atoms. The number of nitrogens with one attached hydrogen (secondary N) is 1. The van der Waals surface area contributed by atoms with E-state index in [9.17, 15) is 14.9 Å². The van der Waals surface area contributed by atoms with Crippen LogP contribution in [0.3, 0.4) is 0 Å². The molecule has 0 fully saturated rings. The minimum Gasteiger partial charge on any atom is -0.455 e. The molecule has 0 radical (unpaired) electrons. The second kappa shape index (κ2) is 8.25. The molecule has 9 heteroatoms. The third-order valence-corrected chi connectivity index (χ3v) is 5.29. The summed E-state index contributed by atoms with van der Waals surface area (Å²) in [5.74, 6) is 0.169. The molecule has 162 valence electrons. The normalized spacial score (nSPS) is 11.4. The number of nitro benzene ring substituents is 1. The topological polar surface area (TPSA) is 111 Å². The van der Waals surface area contributed by atoms with E-state index in [2.05, 4.69) is 10.5 Å². The second-order valence-corrected chi connectivity index (χ2v) is 7.57. The Bertz CT molecular complexity index is 1570. The summed E-state index contributed by atoms with van der Waals surface area (Å²) in [6.07, 6.45) is 1.29. The lowest BCUT2D eigenvalue weighted by Gasteiger charge is -2.00. The number of hydrogen-bond donors (Lipinski definition) is 1. The van der Waals surface area contributed by atoms with Crippen LogP contribution >= 0.6 is 11.6 Å². The summed E-state index contributed by atoms with van der Waals surface area (Å²) in [6, 6.07) is 20.7. The van der Waals surface area contributed by atoms with Crippen molar-refractivity contribution in [3.63, 3.8) is 0 Å². The van der Waals surface area contributed by atoms with Crippen LogP contribution in [-0.2, 0) is 0 Å². The lowest BCUT2D eigenvalue weighted by atomic mass is 10.1. The summed E-state index contributed by atoms with van der Waals surface area (Å²) < 4.78 is 11.3. The van der Waals surface area contributed by atoms with Gasteiger partial charge < -0.3 is 8.83 Å². The molecule has 0 aliphatic carbocycles. The third-order valence-electron chi connectivity index (χ3n) is 5.06. The van der Waals surface area contributed by atoms with Gasteiger partial charge in [0.1, 0.15) is 17.1 Å². The monoisotopic (exact) mass is 459 g/mol. The van der Waals surface area contributed by atoms with Gasteiger partial charge in [-0.3, -0.25) is 14.9 Å². The highest BCUT2D eigenvalue weighted by Crippen LogP contribution is 2.33. The number of hydrazone groups is 1. The van der Waals surface area contributed by atoms with Crippen LogP contribution in [0.2, 0.25) is 5.02 Å². The van der Waals surface area contributed by atoms with E-state index in [1.165, 1.54) is 24.4 Å². The van der Waals surface area contributed by atoms with Gasteiger partial charge in [0.05, 0.1) is 16.7 Å². The van der Waals surface area contributed by atoms with Crippen LogP contribution in [-0.4, -0.2) is 17.0 Å². The molecule has 2 aromatic heterocycles. The first-order chi connectivity index (χ1) is 16.0. The molecule has 8 nitrogen and oxygen atoms in total. The molecule has 0 spiro atoms. The highest BCUT2D eigenvalue weighted by molar-refractivity contribution is 6.30. The average Bonchev–Trinajstić information content (AvgIpc) is 3.46. The number of carbonyl (C=O) groups excluding carboxylic acids is 1. The predicted octanol–water partition coefficient (Wildman–Crippen LogP) is 6.17. The summed E-state index contributed by atoms with van der Waals surface area (Å²) in [6.45, 7) is 0. The number of furan rings is 2. The highest BCUT2D eigenvalue weighted by atomic mass is 35.5. The Balaban J connectivity index is 1.34. The van der Waals surface area contributed by atoms with Crippen LogP contribution in [0, 0.1) is 10.1 Å². The first kappa shape index (κ1) is 20.5. The zero-order valence-corrected chi connectivity index (χ0v) is 17.6. The van der Waals surface area contributed by atoms with E-state index >= 15 is 0 Å². The van der Waals surface area contributed by atoms with Gasteiger partial charge in [0.25, 0.3) is 5.69 Å². The summed E-state index contributed by atoms with van der Waals surface area (Å²) in [5, 5.41) is 18.3. The summed E-state index contributed by atoms with van der Waals surface area (Å²) in [5.41, 5.74) is 3.10. The smallest absolute Gasteiger partial charge is 0.307 e. The van der Waals surface area contributed by atoms with E-state index in [1.54, 1.807) is 18.2 Å². The standard InChI is InChI=1S/C24H14ClN3O5/c25-15-6-8-18(20(11-15)28(30)31)21-10-7-16(32-21)13-26-27-24(29)23-12-19-17-4-2-1-3-14(17)5-9-22(19)33-23/h1-13H,(H,27,29)/b26-13+. The Morgan fingerprint density at radius 3 is 2.70 bits per heavy atom. The van der Waals surface area contributed by atoms with Gasteiger partial charge in [-0.05, 0) is 47.2 Å². The molecular weight excluding hydrogens is 446 g/mol. The molecule has 0 aliphatic rings. The van der Waals surface area contributed by atoms with Crippen LogP contribution < -0.4 is 5.43 Å². The number of nitrogens with zero attached hydrogens (tertiary/aromatic N) is 2. The maximum atomic E-state index is 12.5. The van der Waals surface area contributed by atoms with Crippen molar-refractivity contribution in [3.05, 3.63) is 99.5 Å². The number of rotatable bonds is 5. The fourth-order valence-corrected chi connectivity index (χ4v) is 3.71. The van der Waals surface area contributed by atoms with E-state index < -0.39 is 10.8 Å². The van der Waals surface area contributed by atoms with Crippen molar-refractivity contribution in [2.45, 2.75) is 0 Å². The molecule has 0 atom stereocenters. The summed E-state index contributed by atoms with van der Waals surface area (Å²) in [7, 11) is 0. The lowest BCUT2D eigenvalue weighted by Crippen LogP contribution is -2.16. The maximum Gasteiger partial charge on any atom is 0.307 e. The minimum atomic E-state index is -0.533. The van der Waals surface area contributed by atoms with Gasteiger partial charge in [-0.15, -0.1) is 0 Å². The van der Waals surface area contributed by atoms with Crippen molar-refractivity contribution in [2.75, 3.05) is 0 Å². The van der Waals surface area contributed by atoms with Crippen molar-refractivity contribution in [1.82, 2.24) is 5.43 Å². The van der Waals surface area contributed by atoms with Gasteiger partial charge in [0, 0.05) is 16.5 Å². The first-order valence-electron chi connectivity index (χ1n) is 9.78. The number of halogens is 1. The fraction of sp³-hybridized carbons (Fsp3) is 0. The van der Waals surface area contributed by atoms with Crippen LogP contribution in [0.4, 0.5) is 5.69 Å². The van der Waals surface area contributed by atoms with Gasteiger partial charge in [-0.1, -0.05) is 41.9 Å². The Labute approximate surface area is 191 Å². The van der Waals surface area contributed by atoms with Crippen molar-refractivity contribution in [3.8, 4) is 11.3 Å². The molecule has 1 amide bonds. The third kappa shape index (κ3) is 3.95. The van der Waals surface area contributed by atoms with Crippen molar-refractivity contribution >= 4 is 51.2 Å². The molecule has 0 unspecified atom stereocenters. The Hall–Kier alpha value is -4.43. The Morgan fingerprint density at radius 1 is 1.00 bits per heavy atom. The molecule has 33 heavy (non-hydrogen) atoms. The van der Waals surface area contributed by atoms with Gasteiger partial charge in [-0.2, -0.15) is 5.10 Å². The molecule has 5 aromatic rings. The van der Waals surface area contributed by atoms with E-state index in [0.717, 1.165) is 16.2 Å². The quantitative estimate of drug-likeness (QED) is 0.192. The molecule has 1 N–H and O–H groups in total. The van der Waals surface area contributed by atoms with E-state index in [0.29, 0.717) is 11.3 Å². The SMILES string of the molecule is O=C(N/N=C/c1ccc(-c2ccc(Cl)cc2[N+](=O)[O-])o1)c1cc2c(ccc3ccccc32)o1. The Morgan fingerprint density at radius 2 is 1.85 bits per heavy atom. The Kier molecular flexibility index (Phi) is 5.12. The van der Waals surface area contributed by atoms with Crippen LogP contribution in [0.1, 0.15) is 16.3 Å². The zero-order valence-electron chi connectivity index (χ0n) is 16.8. The molecule has 3 aromatic carbocycles. The first-order valence-corrected chi connectivity index (χ1v) is 10.2. The molecule has 0 aliphatic heterocycles. The number of nitro groups is 1. The number of carbonyl (C=O) groups is 1. The minimum absolute atomic E-state index is 0.121. The zero-order chi connectivity index (χ0) is 22.9. The van der Waals surface area contributed by atoms with Crippen molar-refractivity contribution in [1.29, 1.82) is 0 Å². The average molecular weight is 460 g/mol. The molecule has 2 heterocycles. The number of amides is 1. The van der Waals surface area contributed by atoms with Gasteiger partial charge in [0.15, 0.2) is 5.76 Å². The van der Waals surface area contributed by atoms with Gasteiger partial charge in [-0.25, -0.2) is 5.43 Å². The number of benzene rings is 3. The van der Waals surface area contributed by atoms with E-state index in [4.69, 9.17) is 20.4 Å². The lowest BCUT2D eigenvalue weighted by molar-refractivity contribution is -0.384. The summed E-state index contributed by atoms with van der Waals surface area (Å²) in [4.78, 5) is 23.2. The summed E-state index contributed by atoms with van der Waals surface area (Å²) >= 11 is 5.85. The fourth-order valence-electron chi connectivity index (χ4n) is 3.55. The highest BCUT2D eigenvalue weighted by Gasteiger charge is 2.18. The number of fused-ring (bicyclic) bond motifs is 3. The predicted molar refractivity (Wildman–Crippen MR) is 125 cm³/mol. The second-order valence-electron chi connectivity index (χ2n) is 7.13. The van der Waals surface area contributed by atoms with Crippen LogP contribution in [0.15, 0.2) is 86.7 Å². The maximum absolute atomic E-state index is 12.5. The molecular formula is C24H14ClN3O5. The van der Waals surface area contributed by atoms with Crippen molar-refractivity contribution < 1.29 is 18.6 Å². The van der Waals surface area contributed by atoms with Crippen LogP contribution in [0.5, 0.6) is 0 Å². The molecule has 0 saturated carbocycles. The van der Waals surface area contributed by atoms with Crippen molar-refractivity contribution in [2.24, 2.45) is 5.10 Å². The van der Waals surface area contributed by atoms with Gasteiger partial charge >= 0.3 is 5.91 Å². The van der Waals surface area contributed by atoms with Crippen LogP contribution in [0.25, 0.3) is 33.1 Å². The van der Waals surface area contributed by atoms with E-state index in [-0.39, 0.29) is 27.8 Å². The van der Waals surface area contributed by atoms with E-state index in [1.807, 2.05) is 36.4 Å². The molecule has 0 saturated heterocycles.